The molecule has 10 nitrogen and oxygen atoms in total. The number of aryl methyl sites for hydroxylation is 3. The third kappa shape index (κ3) is 8.48. The number of methoxy groups -OCH3 is 3. The van der Waals surface area contributed by atoms with Crippen LogP contribution in [0.3, 0.4) is 0 Å². The molecule has 0 saturated heterocycles. The monoisotopic (exact) mass is 643 g/mol. The second-order valence-electron chi connectivity index (χ2n) is 11.0. The first-order valence-corrected chi connectivity index (χ1v) is 15.7. The summed E-state index contributed by atoms with van der Waals surface area (Å²) in [4.78, 5) is 41.2. The molecule has 11 heteroatoms. The average Bonchev–Trinajstić information content (AvgIpc) is 3.03. The second kappa shape index (κ2) is 15.5. The lowest BCUT2D eigenvalue weighted by atomic mass is 10.0. The van der Waals surface area contributed by atoms with Gasteiger partial charge in [0.25, 0.3) is 5.91 Å². The summed E-state index contributed by atoms with van der Waals surface area (Å²) >= 11 is 1.23. The molecule has 0 radical (unpaired) electrons. The third-order valence-corrected chi connectivity index (χ3v) is 8.13. The highest BCUT2D eigenvalue weighted by atomic mass is 32.2. The molecular formula is C35H41N5O5S. The van der Waals surface area contributed by atoms with E-state index >= 15 is 0 Å². The molecule has 46 heavy (non-hydrogen) atoms. The molecule has 1 atom stereocenters. The molecule has 0 spiro atoms. The lowest BCUT2D eigenvalue weighted by Gasteiger charge is -2.32. The number of anilines is 2. The van der Waals surface area contributed by atoms with Crippen molar-refractivity contribution >= 4 is 35.0 Å². The van der Waals surface area contributed by atoms with Gasteiger partial charge in [0, 0.05) is 43.4 Å². The van der Waals surface area contributed by atoms with Crippen LogP contribution in [0.2, 0.25) is 0 Å². The fraction of sp³-hybridized carbons (Fsp3) is 0.314. The summed E-state index contributed by atoms with van der Waals surface area (Å²) in [6.45, 7) is 5.95. The molecule has 4 aromatic rings. The molecule has 242 valence electrons. The van der Waals surface area contributed by atoms with Crippen LogP contribution >= 0.6 is 11.8 Å². The van der Waals surface area contributed by atoms with Crippen LogP contribution in [0.15, 0.2) is 71.9 Å². The summed E-state index contributed by atoms with van der Waals surface area (Å²) < 4.78 is 16.8. The van der Waals surface area contributed by atoms with Crippen LogP contribution in [-0.4, -0.2) is 67.9 Å². The van der Waals surface area contributed by atoms with Gasteiger partial charge in [-0.3, -0.25) is 9.59 Å². The Bertz CT molecular complexity index is 1620. The number of benzene rings is 3. The molecule has 1 heterocycles. The Kier molecular flexibility index (Phi) is 11.5. The van der Waals surface area contributed by atoms with Crippen molar-refractivity contribution in [1.82, 2.24) is 14.9 Å². The number of aromatic nitrogens is 2. The highest BCUT2D eigenvalue weighted by Gasteiger charge is 2.34. The van der Waals surface area contributed by atoms with Gasteiger partial charge >= 0.3 is 0 Å². The molecule has 0 fully saturated rings. The van der Waals surface area contributed by atoms with Crippen LogP contribution in [0.4, 0.5) is 11.4 Å². The fourth-order valence-corrected chi connectivity index (χ4v) is 5.80. The van der Waals surface area contributed by atoms with Gasteiger partial charge in [0.1, 0.15) is 6.04 Å². The van der Waals surface area contributed by atoms with E-state index in [0.29, 0.717) is 33.7 Å². The molecule has 4 rings (SSSR count). The van der Waals surface area contributed by atoms with Crippen molar-refractivity contribution in [3.8, 4) is 17.2 Å². The number of nitrogens with zero attached hydrogens (tertiary/aromatic N) is 4. The minimum atomic E-state index is -1.07. The molecule has 0 aliphatic heterocycles. The number of ether oxygens (including phenoxy) is 3. The van der Waals surface area contributed by atoms with E-state index in [1.54, 1.807) is 17.0 Å². The standard InChI is InChI=1S/C35H41N5O5S/c1-22-9-11-25(12-10-22)20-40(31(41)21-46-35-36-23(2)17-24(3)37-35)32(26-18-29(43-6)33(45-8)30(19-26)44-7)34(42)38-27-13-15-28(16-14-27)39(4)5/h9-19,32H,20-21H2,1-8H3,(H,38,42)/t32-/m0/s1. The van der Waals surface area contributed by atoms with Crippen LogP contribution in [0.25, 0.3) is 0 Å². The van der Waals surface area contributed by atoms with Gasteiger partial charge in [0.05, 0.1) is 27.1 Å². The third-order valence-electron chi connectivity index (χ3n) is 7.29. The van der Waals surface area contributed by atoms with Gasteiger partial charge in [-0.25, -0.2) is 9.97 Å². The largest absolute Gasteiger partial charge is 0.493 e. The first-order valence-electron chi connectivity index (χ1n) is 14.7. The Morgan fingerprint density at radius 2 is 1.41 bits per heavy atom. The minimum absolute atomic E-state index is 0.0144. The van der Waals surface area contributed by atoms with Crippen LogP contribution in [0.1, 0.15) is 34.1 Å². The molecule has 1 N–H and O–H groups in total. The van der Waals surface area contributed by atoms with Crippen LogP contribution in [0.5, 0.6) is 17.2 Å². The predicted octanol–water partition coefficient (Wildman–Crippen LogP) is 5.99. The highest BCUT2D eigenvalue weighted by molar-refractivity contribution is 7.99. The van der Waals surface area contributed by atoms with E-state index in [-0.39, 0.29) is 18.2 Å². The van der Waals surface area contributed by atoms with Crippen LogP contribution < -0.4 is 24.4 Å². The number of hydrogen-bond donors (Lipinski definition) is 1. The summed E-state index contributed by atoms with van der Waals surface area (Å²) in [5.41, 5.74) is 5.65. The normalized spacial score (nSPS) is 11.4. The number of carbonyl (C=O) groups excluding carboxylic acids is 2. The van der Waals surface area contributed by atoms with E-state index < -0.39 is 11.9 Å². The summed E-state index contributed by atoms with van der Waals surface area (Å²) in [6, 6.07) is 19.6. The summed E-state index contributed by atoms with van der Waals surface area (Å²) in [5, 5.41) is 3.53. The quantitative estimate of drug-likeness (QED) is 0.139. The Morgan fingerprint density at radius 1 is 0.826 bits per heavy atom. The van der Waals surface area contributed by atoms with E-state index in [9.17, 15) is 9.59 Å². The van der Waals surface area contributed by atoms with Gasteiger partial charge in [0.2, 0.25) is 11.7 Å². The number of hydrogen-bond acceptors (Lipinski definition) is 9. The molecule has 2 amide bonds. The lowest BCUT2D eigenvalue weighted by molar-refractivity contribution is -0.137. The summed E-state index contributed by atoms with van der Waals surface area (Å²) in [7, 11) is 8.44. The van der Waals surface area contributed by atoms with Gasteiger partial charge in [-0.15, -0.1) is 0 Å². The van der Waals surface area contributed by atoms with E-state index in [0.717, 1.165) is 28.2 Å². The molecule has 1 aromatic heterocycles. The Morgan fingerprint density at radius 3 is 1.93 bits per heavy atom. The zero-order valence-corrected chi connectivity index (χ0v) is 28.4. The lowest BCUT2D eigenvalue weighted by Crippen LogP contribution is -2.42. The van der Waals surface area contributed by atoms with Crippen molar-refractivity contribution in [2.24, 2.45) is 0 Å². The second-order valence-corrected chi connectivity index (χ2v) is 12.0. The predicted molar refractivity (Wildman–Crippen MR) is 182 cm³/mol. The van der Waals surface area contributed by atoms with Gasteiger partial charge in [-0.1, -0.05) is 41.6 Å². The minimum Gasteiger partial charge on any atom is -0.493 e. The smallest absolute Gasteiger partial charge is 0.251 e. The first-order chi connectivity index (χ1) is 22.0. The number of amides is 2. The summed E-state index contributed by atoms with van der Waals surface area (Å²) in [6.07, 6.45) is 0. The van der Waals surface area contributed by atoms with Crippen molar-refractivity contribution in [2.45, 2.75) is 38.5 Å². The molecule has 0 aliphatic carbocycles. The van der Waals surface area contributed by atoms with Crippen molar-refractivity contribution in [3.05, 3.63) is 94.8 Å². The molecule has 0 unspecified atom stereocenters. The zero-order valence-electron chi connectivity index (χ0n) is 27.6. The van der Waals surface area contributed by atoms with Gasteiger partial charge in [-0.2, -0.15) is 0 Å². The van der Waals surface area contributed by atoms with E-state index in [1.165, 1.54) is 33.1 Å². The first kappa shape index (κ1) is 34.1. The number of rotatable bonds is 13. The number of carbonyl (C=O) groups is 2. The van der Waals surface area contributed by atoms with Crippen LogP contribution in [0, 0.1) is 20.8 Å². The molecule has 0 saturated carbocycles. The maximum Gasteiger partial charge on any atom is 0.251 e. The van der Waals surface area contributed by atoms with Gasteiger partial charge in [0.15, 0.2) is 16.7 Å². The molecule has 3 aromatic carbocycles. The number of thioether (sulfide) groups is 1. The van der Waals surface area contributed by atoms with Crippen molar-refractivity contribution in [3.63, 3.8) is 0 Å². The average molecular weight is 644 g/mol. The van der Waals surface area contributed by atoms with E-state index in [1.807, 2.05) is 94.4 Å². The zero-order chi connectivity index (χ0) is 33.4. The topological polar surface area (TPSA) is 106 Å². The van der Waals surface area contributed by atoms with Crippen molar-refractivity contribution in [1.29, 1.82) is 0 Å². The van der Waals surface area contributed by atoms with Gasteiger partial charge in [-0.05, 0) is 74.4 Å². The molecular weight excluding hydrogens is 602 g/mol. The van der Waals surface area contributed by atoms with Crippen LogP contribution in [-0.2, 0) is 16.1 Å². The van der Waals surface area contributed by atoms with E-state index in [2.05, 4.69) is 15.3 Å². The van der Waals surface area contributed by atoms with E-state index in [4.69, 9.17) is 14.2 Å². The maximum absolute atomic E-state index is 14.4. The van der Waals surface area contributed by atoms with Crippen molar-refractivity contribution in [2.75, 3.05) is 51.4 Å². The molecule has 0 bridgehead atoms. The summed E-state index contributed by atoms with van der Waals surface area (Å²) in [5.74, 6) is 0.452. The maximum atomic E-state index is 14.4. The number of nitrogens with one attached hydrogen (secondary N) is 1. The van der Waals surface area contributed by atoms with Gasteiger partial charge < -0.3 is 29.3 Å². The Hall–Kier alpha value is -4.77. The highest BCUT2D eigenvalue weighted by Crippen LogP contribution is 2.41. The fourth-order valence-electron chi connectivity index (χ4n) is 4.97. The Balaban J connectivity index is 1.81. The molecule has 0 aliphatic rings. The Labute approximate surface area is 275 Å². The SMILES string of the molecule is COc1cc([C@@H](C(=O)Nc2ccc(N(C)C)cc2)N(Cc2ccc(C)cc2)C(=O)CSc2nc(C)cc(C)n2)cc(OC)c1OC. The van der Waals surface area contributed by atoms with Crippen molar-refractivity contribution < 1.29 is 23.8 Å².